The predicted octanol–water partition coefficient (Wildman–Crippen LogP) is 0.129. The minimum Gasteiger partial charge on any atom is -0.376 e. The van der Waals surface area contributed by atoms with Crippen molar-refractivity contribution in [2.45, 2.75) is 32.3 Å². The number of hydrogen-bond acceptors (Lipinski definition) is 4. The summed E-state index contributed by atoms with van der Waals surface area (Å²) in [4.78, 5) is 27.0. The summed E-state index contributed by atoms with van der Waals surface area (Å²) in [6.45, 7) is 3.76. The minimum absolute atomic E-state index is 0.0534. The molecule has 1 aliphatic rings. The van der Waals surface area contributed by atoms with Gasteiger partial charge < -0.3 is 9.64 Å². The number of nitrogens with zero attached hydrogens (tertiary/aromatic N) is 2. The molecular weight excluding hydrogens is 236 g/mol. The van der Waals surface area contributed by atoms with Crippen LogP contribution in [0.4, 0.5) is 0 Å². The molecule has 1 atom stereocenters. The fraction of sp³-hybridized carbons (Fsp3) is 0.727. The Morgan fingerprint density at radius 1 is 1.56 bits per heavy atom. The number of carbonyl (C=O) groups is 1. The lowest BCUT2D eigenvalue weighted by atomic mass is 10.1. The van der Waals surface area contributed by atoms with E-state index >= 15 is 0 Å². The van der Waals surface area contributed by atoms with Gasteiger partial charge in [-0.05, 0) is 26.2 Å². The molecular formula is C11H18N4O3. The number of ether oxygens (including phenoxy) is 1. The van der Waals surface area contributed by atoms with Crippen LogP contribution in [-0.2, 0) is 4.74 Å². The number of aromatic amines is 2. The van der Waals surface area contributed by atoms with Crippen molar-refractivity contribution in [2.24, 2.45) is 0 Å². The second-order valence-corrected chi connectivity index (χ2v) is 4.36. The van der Waals surface area contributed by atoms with Crippen molar-refractivity contribution in [3.05, 3.63) is 16.3 Å². The zero-order valence-corrected chi connectivity index (χ0v) is 10.4. The van der Waals surface area contributed by atoms with E-state index in [9.17, 15) is 9.59 Å². The van der Waals surface area contributed by atoms with Crippen LogP contribution in [0, 0.1) is 0 Å². The monoisotopic (exact) mass is 254 g/mol. The summed E-state index contributed by atoms with van der Waals surface area (Å²) in [7, 11) is 0. The van der Waals surface area contributed by atoms with Crippen molar-refractivity contribution in [1.82, 2.24) is 20.1 Å². The molecule has 1 aliphatic heterocycles. The van der Waals surface area contributed by atoms with Crippen LogP contribution in [0.25, 0.3) is 0 Å². The highest BCUT2D eigenvalue weighted by molar-refractivity contribution is 5.90. The molecule has 0 bridgehead atoms. The summed E-state index contributed by atoms with van der Waals surface area (Å²) in [5, 5.41) is 5.84. The van der Waals surface area contributed by atoms with Crippen molar-refractivity contribution in [1.29, 1.82) is 0 Å². The Labute approximate surface area is 105 Å². The van der Waals surface area contributed by atoms with E-state index in [1.807, 2.05) is 6.92 Å². The highest BCUT2D eigenvalue weighted by Gasteiger charge is 2.23. The Morgan fingerprint density at radius 2 is 2.39 bits per heavy atom. The Bertz CT molecular complexity index is 447. The first-order valence-electron chi connectivity index (χ1n) is 6.26. The maximum Gasteiger partial charge on any atom is 0.341 e. The van der Waals surface area contributed by atoms with Crippen LogP contribution in [-0.4, -0.2) is 51.8 Å². The zero-order chi connectivity index (χ0) is 13.0. The number of nitrogens with one attached hydrogen (secondary N) is 2. The SMILES string of the molecule is CCN(CC1CCCCO1)C(=O)c1n[nH]c(=O)[nH]1. The number of H-pyrrole nitrogens is 2. The summed E-state index contributed by atoms with van der Waals surface area (Å²) in [6.07, 6.45) is 3.29. The fourth-order valence-corrected chi connectivity index (χ4v) is 2.07. The van der Waals surface area contributed by atoms with E-state index in [2.05, 4.69) is 15.2 Å². The molecule has 1 saturated heterocycles. The first-order chi connectivity index (χ1) is 8.70. The molecule has 0 spiro atoms. The van der Waals surface area contributed by atoms with Crippen LogP contribution in [0.1, 0.15) is 36.8 Å². The van der Waals surface area contributed by atoms with Gasteiger partial charge in [-0.15, -0.1) is 5.10 Å². The molecule has 1 aromatic rings. The lowest BCUT2D eigenvalue weighted by molar-refractivity contribution is -0.00334. The van der Waals surface area contributed by atoms with Crippen LogP contribution < -0.4 is 5.69 Å². The molecule has 2 rings (SSSR count). The van der Waals surface area contributed by atoms with Gasteiger partial charge in [-0.3, -0.25) is 9.78 Å². The van der Waals surface area contributed by atoms with Gasteiger partial charge in [0.25, 0.3) is 5.91 Å². The minimum atomic E-state index is -0.469. The molecule has 1 amide bonds. The Kier molecular flexibility index (Phi) is 4.14. The van der Waals surface area contributed by atoms with E-state index in [0.717, 1.165) is 25.9 Å². The van der Waals surface area contributed by atoms with Gasteiger partial charge in [-0.2, -0.15) is 0 Å². The smallest absolute Gasteiger partial charge is 0.341 e. The van der Waals surface area contributed by atoms with Crippen molar-refractivity contribution in [3.8, 4) is 0 Å². The van der Waals surface area contributed by atoms with Gasteiger partial charge in [0.1, 0.15) is 0 Å². The lowest BCUT2D eigenvalue weighted by Gasteiger charge is -2.28. The molecule has 0 aliphatic carbocycles. The quantitative estimate of drug-likeness (QED) is 0.799. The standard InChI is InChI=1S/C11H18N4O3/c1-2-15(7-8-5-3-4-6-18-8)10(16)9-12-11(17)14-13-9/h8H,2-7H2,1H3,(H2,12,13,14,17). The molecule has 1 unspecified atom stereocenters. The summed E-state index contributed by atoms with van der Waals surface area (Å²) < 4.78 is 5.61. The molecule has 0 aromatic carbocycles. The highest BCUT2D eigenvalue weighted by Crippen LogP contribution is 2.14. The van der Waals surface area contributed by atoms with E-state index in [1.165, 1.54) is 0 Å². The number of rotatable bonds is 4. The van der Waals surface area contributed by atoms with Gasteiger partial charge in [0, 0.05) is 19.7 Å². The number of hydrogen-bond donors (Lipinski definition) is 2. The summed E-state index contributed by atoms with van der Waals surface area (Å²) in [5.41, 5.74) is -0.469. The van der Waals surface area contributed by atoms with Crippen molar-refractivity contribution >= 4 is 5.91 Å². The van der Waals surface area contributed by atoms with Gasteiger partial charge in [0.2, 0.25) is 5.82 Å². The van der Waals surface area contributed by atoms with Gasteiger partial charge in [-0.25, -0.2) is 9.89 Å². The van der Waals surface area contributed by atoms with Crippen LogP contribution in [0.3, 0.4) is 0 Å². The average Bonchev–Trinajstić information content (AvgIpc) is 2.83. The van der Waals surface area contributed by atoms with E-state index in [-0.39, 0.29) is 17.8 Å². The van der Waals surface area contributed by atoms with Crippen molar-refractivity contribution in [2.75, 3.05) is 19.7 Å². The Morgan fingerprint density at radius 3 is 2.94 bits per heavy atom. The highest BCUT2D eigenvalue weighted by atomic mass is 16.5. The molecule has 0 saturated carbocycles. The zero-order valence-electron chi connectivity index (χ0n) is 10.4. The molecule has 2 heterocycles. The molecule has 0 radical (unpaired) electrons. The number of aromatic nitrogens is 3. The molecule has 1 fully saturated rings. The molecule has 1 aromatic heterocycles. The maximum atomic E-state index is 12.1. The average molecular weight is 254 g/mol. The molecule has 7 nitrogen and oxygen atoms in total. The second kappa shape index (κ2) is 5.81. The summed E-state index contributed by atoms with van der Waals surface area (Å²) >= 11 is 0. The van der Waals surface area contributed by atoms with Gasteiger partial charge >= 0.3 is 5.69 Å². The first-order valence-corrected chi connectivity index (χ1v) is 6.26. The fourth-order valence-electron chi connectivity index (χ4n) is 2.07. The van der Waals surface area contributed by atoms with E-state index in [4.69, 9.17) is 4.74 Å². The third-order valence-corrected chi connectivity index (χ3v) is 3.07. The summed E-state index contributed by atoms with van der Waals surface area (Å²) in [6, 6.07) is 0. The van der Waals surface area contributed by atoms with Crippen molar-refractivity contribution in [3.63, 3.8) is 0 Å². The van der Waals surface area contributed by atoms with Gasteiger partial charge in [-0.1, -0.05) is 0 Å². The van der Waals surface area contributed by atoms with E-state index in [0.29, 0.717) is 13.1 Å². The van der Waals surface area contributed by atoms with Crippen LogP contribution in [0.5, 0.6) is 0 Å². The number of likely N-dealkylation sites (N-methyl/N-ethyl adjacent to an activating group) is 1. The van der Waals surface area contributed by atoms with E-state index < -0.39 is 5.69 Å². The van der Waals surface area contributed by atoms with E-state index in [1.54, 1.807) is 4.90 Å². The largest absolute Gasteiger partial charge is 0.376 e. The van der Waals surface area contributed by atoms with Crippen molar-refractivity contribution < 1.29 is 9.53 Å². The second-order valence-electron chi connectivity index (χ2n) is 4.36. The number of amides is 1. The molecule has 7 heteroatoms. The Hall–Kier alpha value is -1.63. The Balaban J connectivity index is 1.99. The first kappa shape index (κ1) is 12.8. The molecule has 100 valence electrons. The van der Waals surface area contributed by atoms with Gasteiger partial charge in [0.15, 0.2) is 0 Å². The molecule has 18 heavy (non-hydrogen) atoms. The van der Waals surface area contributed by atoms with Crippen LogP contribution in [0.2, 0.25) is 0 Å². The number of carbonyl (C=O) groups excluding carboxylic acids is 1. The predicted molar refractivity (Wildman–Crippen MR) is 64.4 cm³/mol. The molecule has 2 N–H and O–H groups in total. The van der Waals surface area contributed by atoms with Crippen LogP contribution in [0.15, 0.2) is 4.79 Å². The topological polar surface area (TPSA) is 91.1 Å². The third-order valence-electron chi connectivity index (χ3n) is 3.07. The van der Waals surface area contributed by atoms with Gasteiger partial charge in [0.05, 0.1) is 6.10 Å². The third kappa shape index (κ3) is 2.98. The maximum absolute atomic E-state index is 12.1. The lowest BCUT2D eigenvalue weighted by Crippen LogP contribution is -2.40. The summed E-state index contributed by atoms with van der Waals surface area (Å²) in [5.74, 6) is -0.220. The van der Waals surface area contributed by atoms with Crippen LogP contribution >= 0.6 is 0 Å². The normalized spacial score (nSPS) is 19.7.